The van der Waals surface area contributed by atoms with Crippen LogP contribution in [-0.4, -0.2) is 50.7 Å². The van der Waals surface area contributed by atoms with Gasteiger partial charge in [-0.2, -0.15) is 4.31 Å². The van der Waals surface area contributed by atoms with Gasteiger partial charge in [0.1, 0.15) is 5.82 Å². The van der Waals surface area contributed by atoms with Crippen molar-refractivity contribution >= 4 is 27.7 Å². The molecule has 154 valence electrons. The Balaban J connectivity index is 1.59. The van der Waals surface area contributed by atoms with Gasteiger partial charge in [0, 0.05) is 23.7 Å². The molecule has 2 aliphatic heterocycles. The van der Waals surface area contributed by atoms with Gasteiger partial charge in [0.25, 0.3) is 5.91 Å². The monoisotopic (exact) mass is 436 g/mol. The van der Waals surface area contributed by atoms with Crippen LogP contribution in [0.5, 0.6) is 0 Å². The van der Waals surface area contributed by atoms with Crippen LogP contribution in [0.25, 0.3) is 0 Å². The van der Waals surface area contributed by atoms with E-state index in [0.29, 0.717) is 13.2 Å². The van der Waals surface area contributed by atoms with Gasteiger partial charge in [0.2, 0.25) is 10.0 Å². The van der Waals surface area contributed by atoms with Crippen LogP contribution in [0.3, 0.4) is 0 Å². The highest BCUT2D eigenvalue weighted by Gasteiger charge is 2.29. The highest BCUT2D eigenvalue weighted by Crippen LogP contribution is 2.36. The lowest BCUT2D eigenvalue weighted by atomic mass is 10.0. The quantitative estimate of drug-likeness (QED) is 0.798. The average molecular weight is 437 g/mol. The summed E-state index contributed by atoms with van der Waals surface area (Å²) in [5.74, 6) is -0.522. The second-order valence-corrected chi connectivity index (χ2v) is 9.93. The van der Waals surface area contributed by atoms with E-state index in [-0.39, 0.29) is 29.6 Å². The van der Waals surface area contributed by atoms with E-state index in [9.17, 15) is 17.6 Å². The first kappa shape index (κ1) is 20.3. The minimum absolute atomic E-state index is 0.0921. The Kier molecular flexibility index (Phi) is 5.91. The molecule has 4 rings (SSSR count). The largest absolute Gasteiger partial charge is 0.379 e. The van der Waals surface area contributed by atoms with E-state index in [1.807, 2.05) is 24.3 Å². The highest BCUT2D eigenvalue weighted by molar-refractivity contribution is 7.99. The van der Waals surface area contributed by atoms with Crippen molar-refractivity contribution in [3.63, 3.8) is 0 Å². The number of carbonyl (C=O) groups is 1. The van der Waals surface area contributed by atoms with Gasteiger partial charge >= 0.3 is 0 Å². The van der Waals surface area contributed by atoms with E-state index in [2.05, 4.69) is 5.32 Å². The third-order valence-corrected chi connectivity index (χ3v) is 8.07. The second-order valence-electron chi connectivity index (χ2n) is 6.86. The molecule has 0 radical (unpaired) electrons. The molecular formula is C20H21FN2O4S2. The van der Waals surface area contributed by atoms with Crippen molar-refractivity contribution < 1.29 is 22.3 Å². The molecule has 2 aliphatic rings. The lowest BCUT2D eigenvalue weighted by Crippen LogP contribution is -2.40. The number of benzene rings is 2. The topological polar surface area (TPSA) is 75.7 Å². The Bertz CT molecular complexity index is 1020. The zero-order chi connectivity index (χ0) is 20.4. The first-order chi connectivity index (χ1) is 14.0. The van der Waals surface area contributed by atoms with E-state index >= 15 is 0 Å². The standard InChI is InChI=1S/C20H21FN2O4S2/c21-17-6-5-14(29(25,26)23-8-10-27-11-9-23)13-16(17)20(24)22-18-7-12-28-19-4-2-1-3-15(18)19/h1-6,13,18H,7-12H2,(H,22,24)/t18-/m0/s1. The summed E-state index contributed by atoms with van der Waals surface area (Å²) >= 11 is 1.72. The van der Waals surface area contributed by atoms with Crippen molar-refractivity contribution in [2.45, 2.75) is 22.3 Å². The van der Waals surface area contributed by atoms with Gasteiger partial charge in [-0.1, -0.05) is 18.2 Å². The second kappa shape index (κ2) is 8.43. The smallest absolute Gasteiger partial charge is 0.254 e. The fourth-order valence-corrected chi connectivity index (χ4v) is 6.06. The van der Waals surface area contributed by atoms with Gasteiger partial charge in [0.05, 0.1) is 29.7 Å². The lowest BCUT2D eigenvalue weighted by molar-refractivity contribution is 0.0730. The van der Waals surface area contributed by atoms with Crippen LogP contribution in [0.1, 0.15) is 28.4 Å². The SMILES string of the molecule is O=C(N[C@H]1CCSc2ccccc21)c1cc(S(=O)(=O)N2CCOCC2)ccc1F. The van der Waals surface area contributed by atoms with Crippen molar-refractivity contribution in [1.82, 2.24) is 9.62 Å². The number of fused-ring (bicyclic) bond motifs is 1. The zero-order valence-corrected chi connectivity index (χ0v) is 17.3. The number of amides is 1. The Labute approximate surface area is 173 Å². The summed E-state index contributed by atoms with van der Waals surface area (Å²) in [6, 6.07) is 10.9. The van der Waals surface area contributed by atoms with Gasteiger partial charge in [0.15, 0.2) is 0 Å². The predicted molar refractivity (Wildman–Crippen MR) is 108 cm³/mol. The first-order valence-corrected chi connectivity index (χ1v) is 11.8. The van der Waals surface area contributed by atoms with Crippen LogP contribution < -0.4 is 5.32 Å². The Morgan fingerprint density at radius 1 is 1.17 bits per heavy atom. The molecule has 1 amide bonds. The van der Waals surface area contributed by atoms with Gasteiger partial charge in [-0.05, 0) is 36.2 Å². The molecule has 9 heteroatoms. The summed E-state index contributed by atoms with van der Waals surface area (Å²) in [5, 5.41) is 2.87. The van der Waals surface area contributed by atoms with Crippen molar-refractivity contribution in [2.75, 3.05) is 32.1 Å². The Morgan fingerprint density at radius 3 is 2.72 bits per heavy atom. The molecule has 0 aromatic heterocycles. The summed E-state index contributed by atoms with van der Waals surface area (Å²) < 4.78 is 46.6. The number of carbonyl (C=O) groups excluding carboxylic acids is 1. The van der Waals surface area contributed by atoms with E-state index in [4.69, 9.17) is 4.74 Å². The molecule has 0 spiro atoms. The molecule has 1 atom stereocenters. The number of hydrogen-bond donors (Lipinski definition) is 1. The molecule has 29 heavy (non-hydrogen) atoms. The average Bonchev–Trinajstić information content (AvgIpc) is 2.75. The number of ether oxygens (including phenoxy) is 1. The number of morpholine rings is 1. The molecule has 1 N–H and O–H groups in total. The van der Waals surface area contributed by atoms with Crippen LogP contribution >= 0.6 is 11.8 Å². The van der Waals surface area contributed by atoms with Crippen LogP contribution in [0.15, 0.2) is 52.3 Å². The van der Waals surface area contributed by atoms with Crippen LogP contribution in [-0.2, 0) is 14.8 Å². The minimum atomic E-state index is -3.81. The summed E-state index contributed by atoms with van der Waals surface area (Å²) in [7, 11) is -3.81. The van der Waals surface area contributed by atoms with E-state index in [1.54, 1.807) is 11.8 Å². The predicted octanol–water partition coefficient (Wildman–Crippen LogP) is 2.81. The number of rotatable bonds is 4. The lowest BCUT2D eigenvalue weighted by Gasteiger charge is -2.27. The fourth-order valence-electron chi connectivity index (χ4n) is 3.50. The van der Waals surface area contributed by atoms with Crippen molar-refractivity contribution in [3.05, 3.63) is 59.4 Å². The fraction of sp³-hybridized carbons (Fsp3) is 0.350. The summed E-state index contributed by atoms with van der Waals surface area (Å²) in [4.78, 5) is 13.8. The van der Waals surface area contributed by atoms with E-state index in [0.717, 1.165) is 34.8 Å². The molecule has 6 nitrogen and oxygen atoms in total. The Hall–Kier alpha value is -1.94. The van der Waals surface area contributed by atoms with Gasteiger partial charge in [-0.25, -0.2) is 12.8 Å². The number of thioether (sulfide) groups is 1. The molecular weight excluding hydrogens is 415 g/mol. The molecule has 2 heterocycles. The third kappa shape index (κ3) is 4.18. The zero-order valence-electron chi connectivity index (χ0n) is 15.6. The molecule has 0 aliphatic carbocycles. The van der Waals surface area contributed by atoms with Crippen LogP contribution in [0, 0.1) is 5.82 Å². The number of nitrogens with zero attached hydrogens (tertiary/aromatic N) is 1. The molecule has 2 aromatic carbocycles. The molecule has 0 bridgehead atoms. The number of sulfonamides is 1. The maximum Gasteiger partial charge on any atom is 0.254 e. The van der Waals surface area contributed by atoms with E-state index in [1.165, 1.54) is 10.4 Å². The number of hydrogen-bond acceptors (Lipinski definition) is 5. The highest BCUT2D eigenvalue weighted by atomic mass is 32.2. The molecule has 1 fully saturated rings. The molecule has 1 saturated heterocycles. The number of halogens is 1. The molecule has 0 unspecified atom stereocenters. The Morgan fingerprint density at radius 2 is 1.93 bits per heavy atom. The third-order valence-electron chi connectivity index (χ3n) is 5.05. The summed E-state index contributed by atoms with van der Waals surface area (Å²) in [5.41, 5.74) is 0.727. The van der Waals surface area contributed by atoms with Crippen molar-refractivity contribution in [3.8, 4) is 0 Å². The van der Waals surface area contributed by atoms with E-state index < -0.39 is 21.7 Å². The van der Waals surface area contributed by atoms with Gasteiger partial charge in [-0.15, -0.1) is 11.8 Å². The minimum Gasteiger partial charge on any atom is -0.379 e. The molecule has 2 aromatic rings. The van der Waals surface area contributed by atoms with Crippen molar-refractivity contribution in [1.29, 1.82) is 0 Å². The normalized spacial score (nSPS) is 20.1. The summed E-state index contributed by atoms with van der Waals surface area (Å²) in [6.07, 6.45) is 0.723. The summed E-state index contributed by atoms with van der Waals surface area (Å²) in [6.45, 7) is 1.09. The van der Waals surface area contributed by atoms with Gasteiger partial charge in [-0.3, -0.25) is 4.79 Å². The maximum absolute atomic E-state index is 14.4. The van der Waals surface area contributed by atoms with Gasteiger partial charge < -0.3 is 10.1 Å². The van der Waals surface area contributed by atoms with Crippen LogP contribution in [0.2, 0.25) is 0 Å². The first-order valence-electron chi connectivity index (χ1n) is 9.37. The maximum atomic E-state index is 14.4. The van der Waals surface area contributed by atoms with Crippen molar-refractivity contribution in [2.24, 2.45) is 0 Å². The van der Waals surface area contributed by atoms with Crippen LogP contribution in [0.4, 0.5) is 4.39 Å². The number of nitrogens with one attached hydrogen (secondary N) is 1. The molecule has 0 saturated carbocycles.